The first-order valence-electron chi connectivity index (χ1n) is 6.09. The number of rotatable bonds is 6. The molecule has 0 atom stereocenters. The number of benzene rings is 1. The standard InChI is InChI=1S/C14H13BrClN3O2/c15-10-5-12(14(16)19-7-10)18-6-9-1-3-11(4-2-9)21-8-13(17)20/h1-5,7,18H,6,8H2,(H2,17,20). The average molecular weight is 371 g/mol. The summed E-state index contributed by atoms with van der Waals surface area (Å²) in [7, 11) is 0. The van der Waals surface area contributed by atoms with Crippen molar-refractivity contribution in [1.29, 1.82) is 0 Å². The Bertz CT molecular complexity index is 635. The van der Waals surface area contributed by atoms with Gasteiger partial charge < -0.3 is 15.8 Å². The molecule has 21 heavy (non-hydrogen) atoms. The number of anilines is 1. The predicted molar refractivity (Wildman–Crippen MR) is 85.4 cm³/mol. The van der Waals surface area contributed by atoms with Crippen LogP contribution >= 0.6 is 27.5 Å². The Labute approximate surface area is 135 Å². The van der Waals surface area contributed by atoms with Gasteiger partial charge in [-0.25, -0.2) is 4.98 Å². The first-order valence-corrected chi connectivity index (χ1v) is 7.26. The van der Waals surface area contributed by atoms with Crippen LogP contribution in [0.15, 0.2) is 41.0 Å². The minimum atomic E-state index is -0.502. The fourth-order valence-corrected chi connectivity index (χ4v) is 2.10. The van der Waals surface area contributed by atoms with Crippen LogP contribution in [0, 0.1) is 0 Å². The van der Waals surface area contributed by atoms with Crippen LogP contribution in [-0.4, -0.2) is 17.5 Å². The van der Waals surface area contributed by atoms with Gasteiger partial charge >= 0.3 is 0 Å². The molecule has 0 saturated carbocycles. The summed E-state index contributed by atoms with van der Waals surface area (Å²) in [5.74, 6) is 0.0947. The number of halogens is 2. The maximum absolute atomic E-state index is 10.6. The van der Waals surface area contributed by atoms with E-state index in [0.717, 1.165) is 15.7 Å². The lowest BCUT2D eigenvalue weighted by molar-refractivity contribution is -0.119. The van der Waals surface area contributed by atoms with Gasteiger partial charge in [0.2, 0.25) is 0 Å². The smallest absolute Gasteiger partial charge is 0.255 e. The van der Waals surface area contributed by atoms with Crippen LogP contribution in [0.1, 0.15) is 5.56 Å². The van der Waals surface area contributed by atoms with Gasteiger partial charge in [0.25, 0.3) is 5.91 Å². The number of carbonyl (C=O) groups excluding carboxylic acids is 1. The molecular formula is C14H13BrClN3O2. The molecule has 7 heteroatoms. The normalized spacial score (nSPS) is 10.2. The third-order valence-electron chi connectivity index (χ3n) is 2.59. The van der Waals surface area contributed by atoms with Gasteiger partial charge in [-0.1, -0.05) is 23.7 Å². The fraction of sp³-hybridized carbons (Fsp3) is 0.143. The third kappa shape index (κ3) is 4.91. The Morgan fingerprint density at radius 2 is 2.10 bits per heavy atom. The Balaban J connectivity index is 1.94. The maximum Gasteiger partial charge on any atom is 0.255 e. The van der Waals surface area contributed by atoms with Gasteiger partial charge in [-0.3, -0.25) is 4.79 Å². The third-order valence-corrected chi connectivity index (χ3v) is 3.33. The summed E-state index contributed by atoms with van der Waals surface area (Å²) in [4.78, 5) is 14.7. The Hall–Kier alpha value is -1.79. The molecule has 2 aromatic rings. The van der Waals surface area contributed by atoms with Gasteiger partial charge in [0, 0.05) is 17.2 Å². The van der Waals surface area contributed by atoms with Crippen LogP contribution < -0.4 is 15.8 Å². The molecule has 0 bridgehead atoms. The monoisotopic (exact) mass is 369 g/mol. The van der Waals surface area contributed by atoms with Crippen molar-refractivity contribution in [1.82, 2.24) is 4.98 Å². The highest BCUT2D eigenvalue weighted by Crippen LogP contribution is 2.23. The lowest BCUT2D eigenvalue weighted by Crippen LogP contribution is -2.19. The second-order valence-electron chi connectivity index (χ2n) is 4.24. The van der Waals surface area contributed by atoms with E-state index in [-0.39, 0.29) is 6.61 Å². The molecule has 0 radical (unpaired) electrons. The van der Waals surface area contributed by atoms with Crippen molar-refractivity contribution in [3.8, 4) is 5.75 Å². The zero-order valence-corrected chi connectivity index (χ0v) is 13.3. The minimum Gasteiger partial charge on any atom is -0.484 e. The van der Waals surface area contributed by atoms with Gasteiger partial charge in [-0.05, 0) is 39.7 Å². The van der Waals surface area contributed by atoms with Gasteiger partial charge in [-0.15, -0.1) is 0 Å². The van der Waals surface area contributed by atoms with Crippen LogP contribution in [0.2, 0.25) is 5.15 Å². The molecule has 0 aliphatic rings. The summed E-state index contributed by atoms with van der Waals surface area (Å²) < 4.78 is 6.04. The first-order chi connectivity index (χ1) is 10.0. The number of nitrogens with one attached hydrogen (secondary N) is 1. The van der Waals surface area contributed by atoms with Crippen molar-refractivity contribution in [2.75, 3.05) is 11.9 Å². The molecule has 110 valence electrons. The Kier molecular flexibility index (Phi) is 5.41. The van der Waals surface area contributed by atoms with Crippen LogP contribution in [0.3, 0.4) is 0 Å². The number of nitrogens with two attached hydrogens (primary N) is 1. The van der Waals surface area contributed by atoms with Gasteiger partial charge in [0.05, 0.1) is 5.69 Å². The van der Waals surface area contributed by atoms with E-state index in [1.165, 1.54) is 0 Å². The van der Waals surface area contributed by atoms with Crippen LogP contribution in [0.5, 0.6) is 5.75 Å². The largest absolute Gasteiger partial charge is 0.484 e. The quantitative estimate of drug-likeness (QED) is 0.766. The number of primary amides is 1. The van der Waals surface area contributed by atoms with E-state index in [1.807, 2.05) is 18.2 Å². The van der Waals surface area contributed by atoms with E-state index >= 15 is 0 Å². The molecule has 1 heterocycles. The summed E-state index contributed by atoms with van der Waals surface area (Å²) in [5.41, 5.74) is 6.80. The average Bonchev–Trinajstić information content (AvgIpc) is 2.47. The van der Waals surface area contributed by atoms with Crippen molar-refractivity contribution < 1.29 is 9.53 Å². The van der Waals surface area contributed by atoms with Crippen molar-refractivity contribution in [2.45, 2.75) is 6.54 Å². The number of pyridine rings is 1. The highest BCUT2D eigenvalue weighted by Gasteiger charge is 2.03. The van der Waals surface area contributed by atoms with Gasteiger partial charge in [0.1, 0.15) is 5.75 Å². The summed E-state index contributed by atoms with van der Waals surface area (Å²) in [5, 5.41) is 3.62. The van der Waals surface area contributed by atoms with Crippen molar-refractivity contribution in [3.63, 3.8) is 0 Å². The number of aromatic nitrogens is 1. The van der Waals surface area contributed by atoms with E-state index < -0.39 is 5.91 Å². The molecule has 0 saturated heterocycles. The summed E-state index contributed by atoms with van der Waals surface area (Å²) in [6, 6.07) is 9.20. The maximum atomic E-state index is 10.6. The van der Waals surface area contributed by atoms with Crippen LogP contribution in [0.25, 0.3) is 0 Å². The van der Waals surface area contributed by atoms with E-state index in [0.29, 0.717) is 17.4 Å². The molecular weight excluding hydrogens is 358 g/mol. The number of carbonyl (C=O) groups is 1. The molecule has 3 N–H and O–H groups in total. The molecule has 0 spiro atoms. The molecule has 0 aliphatic carbocycles. The second-order valence-corrected chi connectivity index (χ2v) is 5.52. The molecule has 0 aliphatic heterocycles. The molecule has 5 nitrogen and oxygen atoms in total. The summed E-state index contributed by atoms with van der Waals surface area (Å²) in [6.45, 7) is 0.463. The second kappa shape index (κ2) is 7.28. The number of amides is 1. The topological polar surface area (TPSA) is 77.2 Å². The molecule has 1 aromatic heterocycles. The SMILES string of the molecule is NC(=O)COc1ccc(CNc2cc(Br)cnc2Cl)cc1. The minimum absolute atomic E-state index is 0.128. The molecule has 1 aromatic carbocycles. The molecule has 2 rings (SSSR count). The molecule has 0 unspecified atom stereocenters. The zero-order valence-electron chi connectivity index (χ0n) is 11.0. The molecule has 1 amide bonds. The summed E-state index contributed by atoms with van der Waals surface area (Å²) >= 11 is 9.35. The number of hydrogen-bond acceptors (Lipinski definition) is 4. The number of hydrogen-bond donors (Lipinski definition) is 2. The fourth-order valence-electron chi connectivity index (χ4n) is 1.60. The predicted octanol–water partition coefficient (Wildman–Crippen LogP) is 2.97. The van der Waals surface area contributed by atoms with E-state index in [9.17, 15) is 4.79 Å². The number of nitrogens with zero attached hydrogens (tertiary/aromatic N) is 1. The van der Waals surface area contributed by atoms with Crippen molar-refractivity contribution >= 4 is 39.1 Å². The lowest BCUT2D eigenvalue weighted by atomic mass is 10.2. The van der Waals surface area contributed by atoms with E-state index in [4.69, 9.17) is 22.1 Å². The zero-order chi connectivity index (χ0) is 15.2. The lowest BCUT2D eigenvalue weighted by Gasteiger charge is -2.09. The van der Waals surface area contributed by atoms with E-state index in [1.54, 1.807) is 18.3 Å². The molecule has 0 fully saturated rings. The van der Waals surface area contributed by atoms with Crippen molar-refractivity contribution in [3.05, 3.63) is 51.7 Å². The Morgan fingerprint density at radius 1 is 1.38 bits per heavy atom. The highest BCUT2D eigenvalue weighted by atomic mass is 79.9. The van der Waals surface area contributed by atoms with Crippen LogP contribution in [0.4, 0.5) is 5.69 Å². The first kappa shape index (κ1) is 15.6. The summed E-state index contributed by atoms with van der Waals surface area (Å²) in [6.07, 6.45) is 1.64. The van der Waals surface area contributed by atoms with Crippen LogP contribution in [-0.2, 0) is 11.3 Å². The van der Waals surface area contributed by atoms with E-state index in [2.05, 4.69) is 26.2 Å². The van der Waals surface area contributed by atoms with Gasteiger partial charge in [0.15, 0.2) is 11.8 Å². The van der Waals surface area contributed by atoms with Crippen molar-refractivity contribution in [2.24, 2.45) is 5.73 Å². The Morgan fingerprint density at radius 3 is 2.76 bits per heavy atom. The van der Waals surface area contributed by atoms with Gasteiger partial charge in [-0.2, -0.15) is 0 Å². The number of ether oxygens (including phenoxy) is 1. The highest BCUT2D eigenvalue weighted by molar-refractivity contribution is 9.10.